The minimum atomic E-state index is -0.455. The van der Waals surface area contributed by atoms with Gasteiger partial charge in [0.2, 0.25) is 0 Å². The molecule has 3 rings (SSSR count). The molecule has 0 bridgehead atoms. The van der Waals surface area contributed by atoms with Crippen molar-refractivity contribution in [2.24, 2.45) is 0 Å². The van der Waals surface area contributed by atoms with Crippen LogP contribution in [0, 0.1) is 0 Å². The molecule has 1 aliphatic carbocycles. The van der Waals surface area contributed by atoms with Gasteiger partial charge >= 0.3 is 0 Å². The number of hydrogen-bond acceptors (Lipinski definition) is 5. The zero-order valence-electron chi connectivity index (χ0n) is 17.6. The zero-order chi connectivity index (χ0) is 19.6. The topological polar surface area (TPSA) is 48.0 Å². The van der Waals surface area contributed by atoms with E-state index in [0.29, 0.717) is 19.2 Å². The number of nitrogens with zero attached hydrogens (tertiary/aromatic N) is 2. The maximum Gasteiger partial charge on any atom is 0.123 e. The molecule has 1 saturated carbocycles. The second-order valence-corrected chi connectivity index (χ2v) is 8.53. The molecule has 0 radical (unpaired) electrons. The van der Waals surface area contributed by atoms with Crippen LogP contribution in [0.15, 0.2) is 24.3 Å². The van der Waals surface area contributed by atoms with Gasteiger partial charge in [-0.1, -0.05) is 37.5 Å². The number of aliphatic hydroxyl groups excluding tert-OH is 1. The van der Waals surface area contributed by atoms with Crippen LogP contribution in [-0.4, -0.2) is 73.4 Å². The lowest BCUT2D eigenvalue weighted by Gasteiger charge is -2.32. The van der Waals surface area contributed by atoms with Crippen molar-refractivity contribution in [2.75, 3.05) is 46.4 Å². The third-order valence-corrected chi connectivity index (χ3v) is 6.22. The Morgan fingerprint density at radius 1 is 1.14 bits per heavy atom. The van der Waals surface area contributed by atoms with E-state index in [0.717, 1.165) is 30.9 Å². The van der Waals surface area contributed by atoms with Gasteiger partial charge in [0.05, 0.1) is 0 Å². The Balaban J connectivity index is 1.38. The fourth-order valence-electron chi connectivity index (χ4n) is 4.50. The van der Waals surface area contributed by atoms with Gasteiger partial charge < -0.3 is 25.0 Å². The van der Waals surface area contributed by atoms with Crippen LogP contribution >= 0.6 is 0 Å². The molecule has 158 valence electrons. The van der Waals surface area contributed by atoms with Crippen LogP contribution in [0.5, 0.6) is 5.75 Å². The van der Waals surface area contributed by atoms with Gasteiger partial charge in [-0.3, -0.25) is 0 Å². The Labute approximate surface area is 171 Å². The number of rotatable bonds is 11. The number of ether oxygens (including phenoxy) is 1. The first-order chi connectivity index (χ1) is 13.7. The fourth-order valence-corrected chi connectivity index (χ4v) is 4.50. The van der Waals surface area contributed by atoms with Crippen molar-refractivity contribution in [1.82, 2.24) is 15.1 Å². The SMILES string of the molecule is CN(C[C@H](O)COc1ccccc1CNCCN1CCCC1)C1CCCCC1. The number of nitrogens with one attached hydrogen (secondary N) is 1. The number of para-hydroxylation sites is 1. The Hall–Kier alpha value is -1.14. The molecule has 1 saturated heterocycles. The van der Waals surface area contributed by atoms with Gasteiger partial charge in [-0.25, -0.2) is 0 Å². The highest BCUT2D eigenvalue weighted by atomic mass is 16.5. The number of likely N-dealkylation sites (N-methyl/N-ethyl adjacent to an activating group) is 1. The average Bonchev–Trinajstić information content (AvgIpc) is 3.24. The largest absolute Gasteiger partial charge is 0.491 e. The molecule has 0 amide bonds. The van der Waals surface area contributed by atoms with Crippen molar-refractivity contribution in [1.29, 1.82) is 0 Å². The van der Waals surface area contributed by atoms with Crippen LogP contribution in [0.25, 0.3) is 0 Å². The van der Waals surface area contributed by atoms with Crippen molar-refractivity contribution in [3.8, 4) is 5.75 Å². The van der Waals surface area contributed by atoms with E-state index in [2.05, 4.69) is 34.3 Å². The molecular formula is C23H39N3O2. The fraction of sp³-hybridized carbons (Fsp3) is 0.739. The summed E-state index contributed by atoms with van der Waals surface area (Å²) in [6.45, 7) is 6.45. The first-order valence-electron chi connectivity index (χ1n) is 11.2. The summed E-state index contributed by atoms with van der Waals surface area (Å²) in [5, 5.41) is 14.0. The molecular weight excluding hydrogens is 350 g/mol. The van der Waals surface area contributed by atoms with Gasteiger partial charge in [0.25, 0.3) is 0 Å². The highest BCUT2D eigenvalue weighted by Gasteiger charge is 2.20. The predicted octanol–water partition coefficient (Wildman–Crippen LogP) is 2.88. The minimum absolute atomic E-state index is 0.349. The van der Waals surface area contributed by atoms with Gasteiger partial charge in [0, 0.05) is 37.8 Å². The molecule has 2 aliphatic rings. The lowest BCUT2D eigenvalue weighted by atomic mass is 9.94. The molecule has 1 aliphatic heterocycles. The number of hydrogen-bond donors (Lipinski definition) is 2. The highest BCUT2D eigenvalue weighted by Crippen LogP contribution is 2.22. The van der Waals surface area contributed by atoms with E-state index in [4.69, 9.17) is 4.74 Å². The van der Waals surface area contributed by atoms with Crippen molar-refractivity contribution < 1.29 is 9.84 Å². The molecule has 28 heavy (non-hydrogen) atoms. The Morgan fingerprint density at radius 2 is 1.89 bits per heavy atom. The smallest absolute Gasteiger partial charge is 0.123 e. The maximum absolute atomic E-state index is 10.5. The van der Waals surface area contributed by atoms with Gasteiger partial charge in [0.15, 0.2) is 0 Å². The second-order valence-electron chi connectivity index (χ2n) is 8.53. The monoisotopic (exact) mass is 389 g/mol. The van der Waals surface area contributed by atoms with Gasteiger partial charge in [-0.05, 0) is 51.9 Å². The van der Waals surface area contributed by atoms with Crippen LogP contribution in [0.1, 0.15) is 50.5 Å². The summed E-state index contributed by atoms with van der Waals surface area (Å²) in [6, 6.07) is 8.80. The molecule has 0 unspecified atom stereocenters. The van der Waals surface area contributed by atoms with E-state index < -0.39 is 6.10 Å². The molecule has 0 aromatic heterocycles. The number of aliphatic hydroxyl groups is 1. The van der Waals surface area contributed by atoms with Gasteiger partial charge in [-0.2, -0.15) is 0 Å². The van der Waals surface area contributed by atoms with Crippen molar-refractivity contribution in [2.45, 2.75) is 63.6 Å². The average molecular weight is 390 g/mol. The van der Waals surface area contributed by atoms with Crippen molar-refractivity contribution in [3.05, 3.63) is 29.8 Å². The van der Waals surface area contributed by atoms with Crippen LogP contribution < -0.4 is 10.1 Å². The summed E-state index contributed by atoms with van der Waals surface area (Å²) in [6.07, 6.45) is 8.75. The molecule has 1 atom stereocenters. The van der Waals surface area contributed by atoms with Crippen LogP contribution in [0.4, 0.5) is 0 Å². The van der Waals surface area contributed by atoms with E-state index >= 15 is 0 Å². The molecule has 1 aromatic rings. The summed E-state index contributed by atoms with van der Waals surface area (Å²) < 4.78 is 5.99. The van der Waals surface area contributed by atoms with Crippen LogP contribution in [0.2, 0.25) is 0 Å². The van der Waals surface area contributed by atoms with E-state index in [1.807, 2.05) is 12.1 Å². The second kappa shape index (κ2) is 11.8. The third kappa shape index (κ3) is 7.03. The summed E-state index contributed by atoms with van der Waals surface area (Å²) in [5.74, 6) is 0.885. The number of likely N-dealkylation sites (tertiary alicyclic amines) is 1. The lowest BCUT2D eigenvalue weighted by molar-refractivity contribution is 0.0558. The van der Waals surface area contributed by atoms with E-state index in [-0.39, 0.29) is 0 Å². The molecule has 5 nitrogen and oxygen atoms in total. The molecule has 1 heterocycles. The van der Waals surface area contributed by atoms with E-state index in [1.54, 1.807) is 0 Å². The molecule has 0 spiro atoms. The minimum Gasteiger partial charge on any atom is -0.491 e. The predicted molar refractivity (Wildman–Crippen MR) is 115 cm³/mol. The van der Waals surface area contributed by atoms with Crippen molar-refractivity contribution in [3.63, 3.8) is 0 Å². The summed E-state index contributed by atoms with van der Waals surface area (Å²) >= 11 is 0. The Kier molecular flexibility index (Phi) is 9.06. The third-order valence-electron chi connectivity index (χ3n) is 6.22. The maximum atomic E-state index is 10.5. The standard InChI is InChI=1S/C23H39N3O2/c1-25(21-10-3-2-4-11-21)18-22(27)19-28-23-12-6-5-9-20(23)17-24-13-16-26-14-7-8-15-26/h5-6,9,12,21-22,24,27H,2-4,7-8,10-11,13-19H2,1H3/t22-/m0/s1. The lowest BCUT2D eigenvalue weighted by Crippen LogP contribution is -2.40. The molecule has 2 fully saturated rings. The number of benzene rings is 1. The molecule has 5 heteroatoms. The van der Waals surface area contributed by atoms with Gasteiger partial charge in [-0.15, -0.1) is 0 Å². The van der Waals surface area contributed by atoms with E-state index in [9.17, 15) is 5.11 Å². The zero-order valence-corrected chi connectivity index (χ0v) is 17.6. The first-order valence-corrected chi connectivity index (χ1v) is 11.2. The normalized spacial score (nSPS) is 20.0. The van der Waals surface area contributed by atoms with Crippen LogP contribution in [0.3, 0.4) is 0 Å². The van der Waals surface area contributed by atoms with Gasteiger partial charge in [0.1, 0.15) is 18.5 Å². The summed E-state index contributed by atoms with van der Waals surface area (Å²) in [7, 11) is 2.14. The highest BCUT2D eigenvalue weighted by molar-refractivity contribution is 5.33. The molecule has 1 aromatic carbocycles. The summed E-state index contributed by atoms with van der Waals surface area (Å²) in [4.78, 5) is 4.84. The Morgan fingerprint density at radius 3 is 2.68 bits per heavy atom. The Bertz CT molecular complexity index is 557. The first kappa shape index (κ1) is 21.6. The molecule has 2 N–H and O–H groups in total. The van der Waals surface area contributed by atoms with Crippen LogP contribution in [-0.2, 0) is 6.54 Å². The summed E-state index contributed by atoms with van der Waals surface area (Å²) in [5.41, 5.74) is 1.16. The quantitative estimate of drug-likeness (QED) is 0.570. The van der Waals surface area contributed by atoms with Crippen molar-refractivity contribution >= 4 is 0 Å². The van der Waals surface area contributed by atoms with E-state index in [1.165, 1.54) is 58.0 Å².